The van der Waals surface area contributed by atoms with Gasteiger partial charge in [-0.05, 0) is 73.2 Å². The van der Waals surface area contributed by atoms with Gasteiger partial charge in [-0.3, -0.25) is 14.6 Å². The monoisotopic (exact) mass is 680 g/mol. The number of hydrogen-bond donors (Lipinski definition) is 3. The van der Waals surface area contributed by atoms with E-state index in [0.29, 0.717) is 60.1 Å². The number of halogens is 1. The molecule has 4 aromatic carbocycles. The lowest BCUT2D eigenvalue weighted by Gasteiger charge is -2.36. The van der Waals surface area contributed by atoms with Gasteiger partial charge in [0.15, 0.2) is 5.96 Å². The Bertz CT molecular complexity index is 1880. The minimum atomic E-state index is -0.499. The van der Waals surface area contributed by atoms with Crippen LogP contribution < -0.4 is 26.8 Å². The molecule has 0 aliphatic carbocycles. The lowest BCUT2D eigenvalue weighted by atomic mass is 10.1. The topological polar surface area (TPSA) is 158 Å². The Morgan fingerprint density at radius 3 is 2.14 bits per heavy atom. The summed E-state index contributed by atoms with van der Waals surface area (Å²) in [6, 6.07) is 28.6. The van der Waals surface area contributed by atoms with Crippen LogP contribution in [0.1, 0.15) is 37.6 Å². The molecule has 1 fully saturated rings. The number of rotatable bonds is 9. The number of fused-ring (bicyclic) bond motifs is 1. The minimum absolute atomic E-state index is 0.0613. The van der Waals surface area contributed by atoms with Crippen molar-refractivity contribution in [3.05, 3.63) is 108 Å². The number of aliphatic imine (C=N–C) groups is 1. The number of hydrogen-bond acceptors (Lipinski definition) is 6. The van der Waals surface area contributed by atoms with Gasteiger partial charge in [-0.2, -0.15) is 0 Å². The molecule has 11 nitrogen and oxygen atoms in total. The first-order valence-electron chi connectivity index (χ1n) is 16.7. The number of piperazine rings is 1. The molecule has 1 saturated heterocycles. The Morgan fingerprint density at radius 2 is 1.52 bits per heavy atom. The largest absolute Gasteiger partial charge is 0.457 e. The van der Waals surface area contributed by atoms with Crippen molar-refractivity contribution in [3.63, 3.8) is 0 Å². The van der Waals surface area contributed by atoms with E-state index in [4.69, 9.17) is 26.9 Å². The van der Waals surface area contributed by atoms with Gasteiger partial charge in [0.05, 0.1) is 11.0 Å². The van der Waals surface area contributed by atoms with E-state index in [2.05, 4.69) is 9.89 Å². The zero-order chi connectivity index (χ0) is 36.0. The van der Waals surface area contributed by atoms with E-state index in [1.54, 1.807) is 34.9 Å². The van der Waals surface area contributed by atoms with Crippen LogP contribution in [0.5, 0.6) is 11.5 Å². The third kappa shape index (κ3) is 9.82. The summed E-state index contributed by atoms with van der Waals surface area (Å²) in [7, 11) is 0. The predicted octanol–water partition coefficient (Wildman–Crippen LogP) is 5.78. The molecule has 12 heteroatoms. The molecule has 50 heavy (non-hydrogen) atoms. The number of benzene rings is 4. The summed E-state index contributed by atoms with van der Waals surface area (Å²) in [6.45, 7) is 9.09. The Balaban J connectivity index is 0.000000559. The summed E-state index contributed by atoms with van der Waals surface area (Å²) in [6.07, 6.45) is 0.998. The standard InChI is InChI=1S/C32H28FN5O3.C4H11N3.C2H6/c33-24-10-12-25(13-11-24)36-15-17-37(18-16-36)32(40)23-9-14-29-28(20-23)35-31(38(29)21-30(34)39)22-5-4-8-27(19-22)41-26-6-2-1-3-7-26;1-2-3-7-4(5)6;1-2/h1-14,19-20H,15-18,21H2,(H2,34,39);2-3H2,1H3,(H4,5,6,7);1-2H3. The maximum Gasteiger partial charge on any atom is 0.254 e. The van der Waals surface area contributed by atoms with E-state index < -0.39 is 5.91 Å². The van der Waals surface area contributed by atoms with Crippen molar-refractivity contribution < 1.29 is 18.7 Å². The van der Waals surface area contributed by atoms with Gasteiger partial charge in [-0.15, -0.1) is 0 Å². The van der Waals surface area contributed by atoms with E-state index in [1.165, 1.54) is 12.1 Å². The fourth-order valence-electron chi connectivity index (χ4n) is 5.37. The molecule has 262 valence electrons. The van der Waals surface area contributed by atoms with E-state index in [9.17, 15) is 14.0 Å². The number of carbonyl (C=O) groups is 2. The van der Waals surface area contributed by atoms with Crippen LogP contribution in [0.25, 0.3) is 22.4 Å². The van der Waals surface area contributed by atoms with Crippen LogP contribution in [-0.2, 0) is 11.3 Å². The van der Waals surface area contributed by atoms with Crippen molar-refractivity contribution in [1.82, 2.24) is 14.5 Å². The van der Waals surface area contributed by atoms with E-state index in [1.807, 2.05) is 80.3 Å². The van der Waals surface area contributed by atoms with Crippen LogP contribution >= 0.6 is 0 Å². The van der Waals surface area contributed by atoms with Gasteiger partial charge >= 0.3 is 0 Å². The number of guanidine groups is 1. The van der Waals surface area contributed by atoms with Crippen LogP contribution in [0, 0.1) is 5.82 Å². The molecule has 2 heterocycles. The highest BCUT2D eigenvalue weighted by atomic mass is 19.1. The highest BCUT2D eigenvalue weighted by Gasteiger charge is 2.24. The SMILES string of the molecule is CC.CCCN=C(N)N.NC(=O)Cn1c(-c2cccc(Oc3ccccc3)c2)nc2cc(C(=O)N3CCN(c4ccc(F)cc4)CC3)ccc21. The second-order valence-corrected chi connectivity index (χ2v) is 11.2. The number of primary amides is 1. The number of carbonyl (C=O) groups excluding carboxylic acids is 2. The highest BCUT2D eigenvalue weighted by Crippen LogP contribution is 2.30. The van der Waals surface area contributed by atoms with Crippen molar-refractivity contribution in [3.8, 4) is 22.9 Å². The van der Waals surface area contributed by atoms with Crippen molar-refractivity contribution in [2.45, 2.75) is 33.7 Å². The molecule has 0 unspecified atom stereocenters. The van der Waals surface area contributed by atoms with E-state index in [0.717, 1.165) is 24.2 Å². The number of para-hydroxylation sites is 1. The summed E-state index contributed by atoms with van der Waals surface area (Å²) in [5, 5.41) is 0. The Labute approximate surface area is 292 Å². The third-order valence-corrected chi connectivity index (χ3v) is 7.66. The van der Waals surface area contributed by atoms with Gasteiger partial charge in [-0.1, -0.05) is 51.1 Å². The number of ether oxygens (including phenoxy) is 1. The van der Waals surface area contributed by atoms with Crippen LogP contribution in [0.2, 0.25) is 0 Å². The van der Waals surface area contributed by atoms with Crippen molar-refractivity contribution in [2.24, 2.45) is 22.2 Å². The maximum absolute atomic E-state index is 13.4. The van der Waals surface area contributed by atoms with Crippen LogP contribution in [0.3, 0.4) is 0 Å². The Kier molecular flexibility index (Phi) is 13.3. The fourth-order valence-corrected chi connectivity index (χ4v) is 5.37. The summed E-state index contributed by atoms with van der Waals surface area (Å²) in [4.78, 5) is 37.9. The normalized spacial score (nSPS) is 12.2. The number of nitrogens with two attached hydrogens (primary N) is 3. The van der Waals surface area contributed by atoms with Gasteiger partial charge in [0.1, 0.15) is 29.7 Å². The first kappa shape index (κ1) is 36.9. The summed E-state index contributed by atoms with van der Waals surface area (Å²) >= 11 is 0. The Hall–Kier alpha value is -5.91. The van der Waals surface area contributed by atoms with Crippen molar-refractivity contribution >= 4 is 34.5 Å². The first-order chi connectivity index (χ1) is 24.2. The lowest BCUT2D eigenvalue weighted by molar-refractivity contribution is -0.118. The van der Waals surface area contributed by atoms with Gasteiger partial charge in [0.25, 0.3) is 5.91 Å². The van der Waals surface area contributed by atoms with Gasteiger partial charge in [0, 0.05) is 49.5 Å². The fraction of sp³-hybridized carbons (Fsp3) is 0.263. The molecule has 0 saturated carbocycles. The van der Waals surface area contributed by atoms with Gasteiger partial charge in [0.2, 0.25) is 5.91 Å². The molecule has 0 radical (unpaired) electrons. The molecular weight excluding hydrogens is 635 g/mol. The van der Waals surface area contributed by atoms with Crippen molar-refractivity contribution in [1.29, 1.82) is 0 Å². The third-order valence-electron chi connectivity index (χ3n) is 7.66. The van der Waals surface area contributed by atoms with Gasteiger partial charge < -0.3 is 36.3 Å². The maximum atomic E-state index is 13.4. The molecule has 1 aliphatic rings. The molecule has 1 aliphatic heterocycles. The highest BCUT2D eigenvalue weighted by molar-refractivity contribution is 5.98. The average Bonchev–Trinajstić information content (AvgIpc) is 3.49. The van der Waals surface area contributed by atoms with Crippen LogP contribution in [-0.4, -0.2) is 64.9 Å². The number of imidazole rings is 1. The van der Waals surface area contributed by atoms with E-state index in [-0.39, 0.29) is 24.2 Å². The Morgan fingerprint density at radius 1 is 0.840 bits per heavy atom. The second kappa shape index (κ2) is 18.0. The number of aromatic nitrogens is 2. The molecule has 0 spiro atoms. The minimum Gasteiger partial charge on any atom is -0.457 e. The molecule has 6 rings (SSSR count). The van der Waals surface area contributed by atoms with Crippen LogP contribution in [0.15, 0.2) is 102 Å². The second-order valence-electron chi connectivity index (χ2n) is 11.2. The summed E-state index contributed by atoms with van der Waals surface area (Å²) in [5.41, 5.74) is 19.1. The molecule has 0 bridgehead atoms. The van der Waals surface area contributed by atoms with Crippen molar-refractivity contribution in [2.75, 3.05) is 37.6 Å². The quantitative estimate of drug-likeness (QED) is 0.132. The van der Waals surface area contributed by atoms with Crippen LogP contribution in [0.4, 0.5) is 10.1 Å². The molecule has 5 aromatic rings. The average molecular weight is 681 g/mol. The number of amides is 2. The smallest absolute Gasteiger partial charge is 0.254 e. The molecule has 6 N–H and O–H groups in total. The molecule has 0 atom stereocenters. The summed E-state index contributed by atoms with van der Waals surface area (Å²) < 4.78 is 21.1. The van der Waals surface area contributed by atoms with Gasteiger partial charge in [-0.25, -0.2) is 9.37 Å². The van der Waals surface area contributed by atoms with E-state index >= 15 is 0 Å². The first-order valence-corrected chi connectivity index (χ1v) is 16.7. The summed E-state index contributed by atoms with van der Waals surface area (Å²) in [5.74, 6) is 1.21. The number of nitrogens with zero attached hydrogens (tertiary/aromatic N) is 5. The number of anilines is 1. The molecular formula is C38H45FN8O3. The predicted molar refractivity (Wildman–Crippen MR) is 198 cm³/mol. The zero-order valence-electron chi connectivity index (χ0n) is 28.8. The zero-order valence-corrected chi connectivity index (χ0v) is 28.8. The lowest BCUT2D eigenvalue weighted by Crippen LogP contribution is -2.48. The molecule has 1 aromatic heterocycles. The molecule has 2 amide bonds.